The summed E-state index contributed by atoms with van der Waals surface area (Å²) in [6, 6.07) is 3.03. The third-order valence-corrected chi connectivity index (χ3v) is 6.52. The van der Waals surface area contributed by atoms with E-state index < -0.39 is 5.92 Å². The molecule has 2 heterocycles. The van der Waals surface area contributed by atoms with E-state index in [1.807, 2.05) is 0 Å². The Bertz CT molecular complexity index is 913. The van der Waals surface area contributed by atoms with Crippen LogP contribution in [-0.4, -0.2) is 28.8 Å². The summed E-state index contributed by atoms with van der Waals surface area (Å²) in [4.78, 5) is 29.8. The van der Waals surface area contributed by atoms with Crippen molar-refractivity contribution in [2.45, 2.75) is 64.2 Å². The number of halogens is 2. The van der Waals surface area contributed by atoms with Gasteiger partial charge in [0.05, 0.1) is 10.9 Å². The summed E-state index contributed by atoms with van der Waals surface area (Å²) >= 11 is 0. The lowest BCUT2D eigenvalue weighted by Crippen LogP contribution is -2.30. The summed E-state index contributed by atoms with van der Waals surface area (Å²) in [7, 11) is 1.50. The number of nitrogens with one attached hydrogen (secondary N) is 2. The van der Waals surface area contributed by atoms with Gasteiger partial charge in [-0.25, -0.2) is 8.78 Å². The molecule has 1 amide bonds. The highest BCUT2D eigenvalue weighted by Gasteiger charge is 2.38. The average molecular weight is 420 g/mol. The minimum absolute atomic E-state index is 0.141. The Hall–Kier alpha value is -2.31. The molecule has 7 heteroatoms. The molecule has 0 bridgehead atoms. The maximum atomic E-state index is 13.0. The number of carbonyl (C=O) groups excluding carboxylic acids is 1. The van der Waals surface area contributed by atoms with Gasteiger partial charge in [0.15, 0.2) is 5.43 Å². The van der Waals surface area contributed by atoms with Crippen LogP contribution in [-0.2, 0) is 0 Å². The molecule has 2 aromatic rings. The zero-order valence-electron chi connectivity index (χ0n) is 17.7. The van der Waals surface area contributed by atoms with E-state index in [1.165, 1.54) is 51.2 Å². The Morgan fingerprint density at radius 3 is 2.57 bits per heavy atom. The zero-order chi connectivity index (χ0) is 21.7. The molecule has 0 aliphatic heterocycles. The van der Waals surface area contributed by atoms with Crippen LogP contribution in [0.15, 0.2) is 29.3 Å². The lowest BCUT2D eigenvalue weighted by molar-refractivity contribution is -0.0552. The van der Waals surface area contributed by atoms with E-state index in [4.69, 9.17) is 0 Å². The Kier molecular flexibility index (Phi) is 7.21. The lowest BCUT2D eigenvalue weighted by atomic mass is 9.70. The van der Waals surface area contributed by atoms with Crippen molar-refractivity contribution in [2.24, 2.45) is 17.8 Å². The average Bonchev–Trinajstić information content (AvgIpc) is 2.73. The predicted octanol–water partition coefficient (Wildman–Crippen LogP) is 4.92. The van der Waals surface area contributed by atoms with Crippen molar-refractivity contribution in [3.05, 3.63) is 40.4 Å². The van der Waals surface area contributed by atoms with E-state index in [2.05, 4.69) is 22.2 Å². The van der Waals surface area contributed by atoms with Crippen LogP contribution in [0.5, 0.6) is 0 Å². The summed E-state index contributed by atoms with van der Waals surface area (Å²) in [5, 5.41) is 2.77. The molecule has 2 aliphatic carbocycles. The molecule has 1 unspecified atom stereocenters. The Labute approximate surface area is 175 Å². The molecule has 2 saturated carbocycles. The molecular weight excluding hydrogens is 388 g/mol. The third-order valence-electron chi connectivity index (χ3n) is 6.52. The van der Waals surface area contributed by atoms with Gasteiger partial charge in [-0.2, -0.15) is 0 Å². The van der Waals surface area contributed by atoms with Crippen molar-refractivity contribution in [3.63, 3.8) is 0 Å². The maximum Gasteiger partial charge on any atom is 0.270 e. The minimum atomic E-state index is -2.35. The topological polar surface area (TPSA) is 74.8 Å². The smallest absolute Gasteiger partial charge is 0.270 e. The van der Waals surface area contributed by atoms with E-state index in [-0.39, 0.29) is 29.9 Å². The van der Waals surface area contributed by atoms with Gasteiger partial charge in [0.2, 0.25) is 5.92 Å². The number of aromatic amines is 1. The second-order valence-electron chi connectivity index (χ2n) is 8.73. The number of pyridine rings is 2. The molecule has 0 spiro atoms. The van der Waals surface area contributed by atoms with E-state index in [0.29, 0.717) is 16.8 Å². The molecule has 30 heavy (non-hydrogen) atoms. The first-order chi connectivity index (χ1) is 14.3. The Morgan fingerprint density at radius 2 is 1.90 bits per heavy atom. The SMILES string of the molecule is CNC(=O)c1nccc2[nH]ccc(=O)c12.C[C@H]1CCCC(C2CCC(F)(F)CC2)C1. The highest BCUT2D eigenvalue weighted by molar-refractivity contribution is 6.03. The highest BCUT2D eigenvalue weighted by Crippen LogP contribution is 2.44. The van der Waals surface area contributed by atoms with Gasteiger partial charge in [0, 0.05) is 38.3 Å². The molecular formula is C23H31F2N3O2. The normalized spacial score (nSPS) is 24.0. The molecule has 2 atom stereocenters. The fraction of sp³-hybridized carbons (Fsp3) is 0.609. The van der Waals surface area contributed by atoms with Crippen molar-refractivity contribution < 1.29 is 13.6 Å². The van der Waals surface area contributed by atoms with Crippen molar-refractivity contribution in [2.75, 3.05) is 7.05 Å². The number of rotatable bonds is 2. The first-order valence-electron chi connectivity index (χ1n) is 10.9. The van der Waals surface area contributed by atoms with Gasteiger partial charge in [-0.3, -0.25) is 14.6 Å². The van der Waals surface area contributed by atoms with Crippen LogP contribution in [0.3, 0.4) is 0 Å². The van der Waals surface area contributed by atoms with E-state index in [1.54, 1.807) is 6.07 Å². The Morgan fingerprint density at radius 1 is 1.17 bits per heavy atom. The van der Waals surface area contributed by atoms with E-state index in [0.717, 1.165) is 24.7 Å². The van der Waals surface area contributed by atoms with E-state index in [9.17, 15) is 18.4 Å². The Balaban J connectivity index is 0.000000171. The minimum Gasteiger partial charge on any atom is -0.361 e. The second-order valence-corrected chi connectivity index (χ2v) is 8.73. The molecule has 0 aromatic carbocycles. The van der Waals surface area contributed by atoms with Crippen LogP contribution in [0.2, 0.25) is 0 Å². The predicted molar refractivity (Wildman–Crippen MR) is 114 cm³/mol. The van der Waals surface area contributed by atoms with Gasteiger partial charge < -0.3 is 10.3 Å². The summed E-state index contributed by atoms with van der Waals surface area (Å²) in [6.45, 7) is 2.31. The van der Waals surface area contributed by atoms with Gasteiger partial charge in [-0.1, -0.05) is 26.2 Å². The summed E-state index contributed by atoms with van der Waals surface area (Å²) in [5.41, 5.74) is 0.545. The molecule has 2 aliphatic rings. The van der Waals surface area contributed by atoms with Crippen LogP contribution in [0.25, 0.3) is 10.9 Å². The summed E-state index contributed by atoms with van der Waals surface area (Å²) < 4.78 is 26.0. The van der Waals surface area contributed by atoms with Crippen LogP contribution in [0.4, 0.5) is 8.78 Å². The number of H-pyrrole nitrogens is 1. The van der Waals surface area contributed by atoms with E-state index >= 15 is 0 Å². The number of carbonyl (C=O) groups is 1. The number of amides is 1. The monoisotopic (exact) mass is 419 g/mol. The number of aromatic nitrogens is 2. The fourth-order valence-electron chi connectivity index (χ4n) is 4.86. The van der Waals surface area contributed by atoms with Crippen LogP contribution in [0, 0.1) is 17.8 Å². The number of hydrogen-bond donors (Lipinski definition) is 2. The first kappa shape index (κ1) is 22.4. The fourth-order valence-corrected chi connectivity index (χ4v) is 4.86. The van der Waals surface area contributed by atoms with Crippen LogP contribution < -0.4 is 10.7 Å². The number of fused-ring (bicyclic) bond motifs is 1. The molecule has 5 nitrogen and oxygen atoms in total. The standard InChI is InChI=1S/C13H22F2.C10H9N3O2/c1-10-3-2-4-12(9-10)11-5-7-13(14,15)8-6-11;1-11-10(15)9-8-6(2-4-13-9)12-5-3-7(8)14/h10-12H,2-9H2,1H3;2-5H,1H3,(H,11,15)(H,12,14)/t10-,12?;/m0./s1. The molecule has 2 N–H and O–H groups in total. The summed E-state index contributed by atoms with van der Waals surface area (Å²) in [6.07, 6.45) is 10.1. The molecule has 4 rings (SSSR count). The quantitative estimate of drug-likeness (QED) is 0.725. The molecule has 2 fully saturated rings. The van der Waals surface area contributed by atoms with Crippen LogP contribution in [0.1, 0.15) is 68.8 Å². The number of alkyl halides is 2. The van der Waals surface area contributed by atoms with Crippen molar-refractivity contribution in [1.82, 2.24) is 15.3 Å². The zero-order valence-corrected chi connectivity index (χ0v) is 17.7. The molecule has 2 aromatic heterocycles. The van der Waals surface area contributed by atoms with Crippen molar-refractivity contribution in [3.8, 4) is 0 Å². The molecule has 164 valence electrons. The molecule has 0 saturated heterocycles. The van der Waals surface area contributed by atoms with Gasteiger partial charge in [0.1, 0.15) is 5.69 Å². The van der Waals surface area contributed by atoms with Crippen molar-refractivity contribution in [1.29, 1.82) is 0 Å². The highest BCUT2D eigenvalue weighted by atomic mass is 19.3. The van der Waals surface area contributed by atoms with Crippen LogP contribution >= 0.6 is 0 Å². The molecule has 0 radical (unpaired) electrons. The lowest BCUT2D eigenvalue weighted by Gasteiger charge is -2.37. The number of hydrogen-bond acceptors (Lipinski definition) is 3. The number of nitrogens with zero attached hydrogens (tertiary/aromatic N) is 1. The van der Waals surface area contributed by atoms with Gasteiger partial charge >= 0.3 is 0 Å². The van der Waals surface area contributed by atoms with Gasteiger partial charge in [-0.05, 0) is 43.1 Å². The van der Waals surface area contributed by atoms with Crippen molar-refractivity contribution >= 4 is 16.8 Å². The maximum absolute atomic E-state index is 13.0. The second kappa shape index (κ2) is 9.67. The first-order valence-corrected chi connectivity index (χ1v) is 10.9. The third kappa shape index (κ3) is 5.43. The van der Waals surface area contributed by atoms with Gasteiger partial charge in [-0.15, -0.1) is 0 Å². The largest absolute Gasteiger partial charge is 0.361 e. The summed E-state index contributed by atoms with van der Waals surface area (Å²) in [5.74, 6) is -0.530. The van der Waals surface area contributed by atoms with Gasteiger partial charge in [0.25, 0.3) is 5.91 Å².